The molecule has 0 saturated heterocycles. The zero-order valence-corrected chi connectivity index (χ0v) is 38.9. The highest BCUT2D eigenvalue weighted by Crippen LogP contribution is 2.59. The molecule has 7 atom stereocenters. The van der Waals surface area contributed by atoms with Gasteiger partial charge in [-0.15, -0.1) is 0 Å². The van der Waals surface area contributed by atoms with E-state index in [1.807, 2.05) is 38.2 Å². The van der Waals surface area contributed by atoms with Crippen LogP contribution >= 0.6 is 0 Å². The largest absolute Gasteiger partial charge is 0.502 e. The molecule has 3 aliphatic heterocycles. The van der Waals surface area contributed by atoms with Crippen molar-refractivity contribution in [3.05, 3.63) is 99.6 Å². The van der Waals surface area contributed by atoms with Crippen molar-refractivity contribution < 1.29 is 53.7 Å². The number of carbonyl (C=O) groups excluding carboxylic acids is 2. The summed E-state index contributed by atoms with van der Waals surface area (Å²) in [5.74, 6) is 0.470. The van der Waals surface area contributed by atoms with Gasteiger partial charge in [-0.3, -0.25) is 19.8 Å². The van der Waals surface area contributed by atoms with Crippen LogP contribution in [0.4, 0.5) is 5.69 Å². The van der Waals surface area contributed by atoms with Gasteiger partial charge in [0.15, 0.2) is 17.7 Å². The van der Waals surface area contributed by atoms with Crippen LogP contribution in [0.5, 0.6) is 34.5 Å². The number of benzene rings is 4. The predicted molar refractivity (Wildman–Crippen MR) is 254 cm³/mol. The van der Waals surface area contributed by atoms with Gasteiger partial charge in [0.1, 0.15) is 30.6 Å². The molecule has 3 heterocycles. The first-order chi connectivity index (χ1) is 33.1. The Kier molecular flexibility index (Phi) is 12.8. The van der Waals surface area contributed by atoms with Crippen molar-refractivity contribution in [3.8, 4) is 45.6 Å². The number of anilines is 1. The topological polar surface area (TPSA) is 201 Å². The third-order valence-corrected chi connectivity index (χ3v) is 15.6. The van der Waals surface area contributed by atoms with Crippen LogP contribution in [-0.4, -0.2) is 104 Å². The molecule has 68 heavy (non-hydrogen) atoms. The van der Waals surface area contributed by atoms with Crippen LogP contribution in [0.15, 0.2) is 60.7 Å². The lowest BCUT2D eigenvalue weighted by molar-refractivity contribution is -0.138. The average molecular weight is 931 g/mol. The Hall–Kier alpha value is -5.84. The number of aryl methyl sites for hydroxylation is 1. The van der Waals surface area contributed by atoms with E-state index in [2.05, 4.69) is 28.1 Å². The van der Waals surface area contributed by atoms with Gasteiger partial charge < -0.3 is 54.7 Å². The first kappa shape index (κ1) is 45.9. The minimum absolute atomic E-state index is 0.0145. The van der Waals surface area contributed by atoms with Gasteiger partial charge in [0, 0.05) is 82.6 Å². The summed E-state index contributed by atoms with van der Waals surface area (Å²) >= 11 is 0. The number of amides is 2. The van der Waals surface area contributed by atoms with Crippen molar-refractivity contribution in [2.24, 2.45) is 17.8 Å². The molecule has 0 bridgehead atoms. The number of nitrogens with zero attached hydrogens (tertiary/aromatic N) is 1. The van der Waals surface area contributed by atoms with E-state index in [-0.39, 0.29) is 67.5 Å². The number of aromatic hydroxyl groups is 1. The zero-order chi connectivity index (χ0) is 47.3. The lowest BCUT2D eigenvalue weighted by Crippen LogP contribution is -2.53. The SMILES string of the molecule is CCNCOc1cc(OCCNC)c2c3c1C(O)Nc1cc4c(c(c1-3)CC2)C(O)C(c1cc(OC)c(O)c(OCC(CO)C23CC(CN5C(=O)C=CC5=O)CCC2CCc2ccccc23)c1)CO4. The van der Waals surface area contributed by atoms with E-state index < -0.39 is 29.6 Å². The Balaban J connectivity index is 0.976. The van der Waals surface area contributed by atoms with Gasteiger partial charge in [-0.1, -0.05) is 31.2 Å². The van der Waals surface area contributed by atoms with Gasteiger partial charge in [0.05, 0.1) is 38.6 Å². The van der Waals surface area contributed by atoms with Crippen LogP contribution in [-0.2, 0) is 34.3 Å². The van der Waals surface area contributed by atoms with Crippen molar-refractivity contribution in [2.75, 3.05) is 72.3 Å². The van der Waals surface area contributed by atoms with Crippen LogP contribution in [0.2, 0.25) is 0 Å². The fraction of sp³-hybridized carbons (Fsp3) is 0.472. The number of hydrogen-bond donors (Lipinski definition) is 7. The number of aliphatic hydroxyl groups excluding tert-OH is 3. The second-order valence-electron chi connectivity index (χ2n) is 19.0. The molecule has 1 fully saturated rings. The second kappa shape index (κ2) is 18.9. The molecule has 2 amide bonds. The maximum atomic E-state index is 12.7. The fourth-order valence-electron chi connectivity index (χ4n) is 12.4. The molecular formula is C53H62N4O11. The third kappa shape index (κ3) is 7.81. The number of nitrogens with one attached hydrogen (secondary N) is 3. The standard InChI is InChI=1S/C53H62N4O11/c1-4-55-28-68-41-22-39(65-18-17-54-2)34-13-14-35-46-38(56-52(63)49(41)48(34)46)21-40-47(35)50(61)36(27-67-40)31-19-42(64-3)51(62)43(20-31)66-26-33(25-58)53-23-29(24-57-44(59)15-16-45(57)60)9-11-32(53)12-10-30-7-5-6-8-37(30)53/h5-8,15-16,19-22,29,32-33,36,50,52,54-56,58,61-63H,4,9-14,17-18,23-28H2,1-3H3. The van der Waals surface area contributed by atoms with Gasteiger partial charge in [-0.25, -0.2) is 0 Å². The molecular weight excluding hydrogens is 869 g/mol. The van der Waals surface area contributed by atoms with Gasteiger partial charge in [-0.2, -0.15) is 0 Å². The van der Waals surface area contributed by atoms with Crippen LogP contribution in [0.1, 0.15) is 89.8 Å². The molecule has 0 spiro atoms. The number of methoxy groups -OCH3 is 1. The molecule has 3 aliphatic carbocycles. The summed E-state index contributed by atoms with van der Waals surface area (Å²) < 4.78 is 31.5. The predicted octanol–water partition coefficient (Wildman–Crippen LogP) is 5.55. The summed E-state index contributed by atoms with van der Waals surface area (Å²) in [4.78, 5) is 26.7. The van der Waals surface area contributed by atoms with E-state index in [0.717, 1.165) is 53.5 Å². The third-order valence-electron chi connectivity index (χ3n) is 15.6. The van der Waals surface area contributed by atoms with Gasteiger partial charge >= 0.3 is 0 Å². The minimum Gasteiger partial charge on any atom is -0.502 e. The quantitative estimate of drug-likeness (QED) is 0.0395. The molecule has 15 nitrogen and oxygen atoms in total. The zero-order valence-electron chi connectivity index (χ0n) is 38.9. The highest BCUT2D eigenvalue weighted by atomic mass is 16.5. The van der Waals surface area contributed by atoms with E-state index in [1.165, 1.54) is 29.7 Å². The van der Waals surface area contributed by atoms with E-state index in [4.69, 9.17) is 23.7 Å². The Morgan fingerprint density at radius 2 is 1.71 bits per heavy atom. The number of carbonyl (C=O) groups is 2. The number of hydrogen-bond acceptors (Lipinski definition) is 14. The summed E-state index contributed by atoms with van der Waals surface area (Å²) in [5.41, 5.74) is 8.03. The van der Waals surface area contributed by atoms with Crippen LogP contribution in [0, 0.1) is 17.8 Å². The minimum atomic E-state index is -1.07. The number of phenols is 1. The van der Waals surface area contributed by atoms with Crippen LogP contribution < -0.4 is 39.6 Å². The van der Waals surface area contributed by atoms with Crippen molar-refractivity contribution >= 4 is 17.5 Å². The average Bonchev–Trinajstić information content (AvgIpc) is 3.66. The maximum absolute atomic E-state index is 12.7. The van der Waals surface area contributed by atoms with E-state index in [1.54, 1.807) is 12.1 Å². The van der Waals surface area contributed by atoms with Crippen molar-refractivity contribution in [3.63, 3.8) is 0 Å². The molecule has 0 radical (unpaired) electrons. The van der Waals surface area contributed by atoms with Gasteiger partial charge in [-0.05, 0) is 105 Å². The first-order valence-electron chi connectivity index (χ1n) is 24.1. The Labute approximate surface area is 396 Å². The maximum Gasteiger partial charge on any atom is 0.253 e. The monoisotopic (exact) mass is 930 g/mol. The van der Waals surface area contributed by atoms with Crippen molar-refractivity contribution in [2.45, 2.75) is 75.5 Å². The van der Waals surface area contributed by atoms with Gasteiger partial charge in [0.25, 0.3) is 11.8 Å². The smallest absolute Gasteiger partial charge is 0.253 e. The highest BCUT2D eigenvalue weighted by Gasteiger charge is 2.53. The number of fused-ring (bicyclic) bond motifs is 5. The van der Waals surface area contributed by atoms with Crippen LogP contribution in [0.25, 0.3) is 11.1 Å². The molecule has 6 aliphatic rings. The van der Waals surface area contributed by atoms with Crippen LogP contribution in [0.3, 0.4) is 0 Å². The Morgan fingerprint density at radius 3 is 2.49 bits per heavy atom. The second-order valence-corrected chi connectivity index (χ2v) is 19.0. The number of imide groups is 1. The highest BCUT2D eigenvalue weighted by molar-refractivity contribution is 6.12. The molecule has 7 N–H and O–H groups in total. The summed E-state index contributed by atoms with van der Waals surface area (Å²) in [6.07, 6.45) is 5.96. The molecule has 10 rings (SSSR count). The van der Waals surface area contributed by atoms with E-state index in [0.29, 0.717) is 85.1 Å². The fourth-order valence-corrected chi connectivity index (χ4v) is 12.4. The lowest BCUT2D eigenvalue weighted by Gasteiger charge is -2.54. The molecule has 4 aromatic carbocycles. The molecule has 4 aromatic rings. The lowest BCUT2D eigenvalue weighted by atomic mass is 9.50. The number of ether oxygens (including phenoxy) is 5. The number of phenolic OH excluding ortho intramolecular Hbond substituents is 1. The summed E-state index contributed by atoms with van der Waals surface area (Å²) in [6, 6.07) is 15.5. The first-order valence-corrected chi connectivity index (χ1v) is 24.1. The molecule has 15 heteroatoms. The molecule has 0 aromatic heterocycles. The number of likely N-dealkylation sites (N-methyl/N-ethyl adjacent to an activating group) is 1. The molecule has 360 valence electrons. The summed E-state index contributed by atoms with van der Waals surface area (Å²) in [7, 11) is 3.34. The number of aliphatic hydroxyl groups is 3. The van der Waals surface area contributed by atoms with Crippen molar-refractivity contribution in [1.82, 2.24) is 15.5 Å². The summed E-state index contributed by atoms with van der Waals surface area (Å²) in [5, 5.41) is 56.9. The molecule has 1 saturated carbocycles. The normalized spacial score (nSPS) is 24.5. The number of rotatable bonds is 17. The van der Waals surface area contributed by atoms with Gasteiger partial charge in [0.2, 0.25) is 5.75 Å². The van der Waals surface area contributed by atoms with E-state index >= 15 is 0 Å². The van der Waals surface area contributed by atoms with Crippen molar-refractivity contribution in [1.29, 1.82) is 0 Å². The summed E-state index contributed by atoms with van der Waals surface area (Å²) in [6.45, 7) is 4.31. The molecule has 7 unspecified atom stereocenters. The van der Waals surface area contributed by atoms with E-state index in [9.17, 15) is 30.0 Å². The Morgan fingerprint density at radius 1 is 0.912 bits per heavy atom. The Bertz CT molecular complexity index is 2620.